The molecule has 3 heterocycles. The number of anilines is 1. The molecule has 6 nitrogen and oxygen atoms in total. The lowest BCUT2D eigenvalue weighted by Crippen LogP contribution is -2.41. The van der Waals surface area contributed by atoms with Gasteiger partial charge in [0.25, 0.3) is 0 Å². The molecule has 0 fully saturated rings. The minimum absolute atomic E-state index is 0.136. The van der Waals surface area contributed by atoms with Gasteiger partial charge in [0.05, 0.1) is 31.0 Å². The fourth-order valence-electron chi connectivity index (χ4n) is 3.63. The molecule has 130 valence electrons. The summed E-state index contributed by atoms with van der Waals surface area (Å²) in [5, 5.41) is 14.3. The summed E-state index contributed by atoms with van der Waals surface area (Å²) in [6.45, 7) is 5.69. The van der Waals surface area contributed by atoms with E-state index in [0.717, 1.165) is 35.1 Å². The number of H-pyrrole nitrogens is 1. The molecule has 0 spiro atoms. The fourth-order valence-corrected chi connectivity index (χ4v) is 3.63. The van der Waals surface area contributed by atoms with Crippen LogP contribution in [0.25, 0.3) is 0 Å². The molecule has 1 aliphatic carbocycles. The summed E-state index contributed by atoms with van der Waals surface area (Å²) in [6.07, 6.45) is 10.3. The van der Waals surface area contributed by atoms with Crippen LogP contribution >= 0.6 is 0 Å². The Morgan fingerprint density at radius 1 is 1.36 bits per heavy atom. The number of methoxy groups -OCH3 is 1. The number of nitrogens with zero attached hydrogens (tertiary/aromatic N) is 2. The third-order valence-electron chi connectivity index (χ3n) is 4.94. The lowest BCUT2D eigenvalue weighted by Gasteiger charge is -2.35. The van der Waals surface area contributed by atoms with Crippen molar-refractivity contribution in [1.29, 1.82) is 0 Å². The lowest BCUT2D eigenvalue weighted by molar-refractivity contribution is 0.300. The van der Waals surface area contributed by atoms with Crippen LogP contribution in [0.3, 0.4) is 0 Å². The molecule has 0 saturated carbocycles. The van der Waals surface area contributed by atoms with E-state index >= 15 is 0 Å². The molecule has 1 aromatic heterocycles. The number of ether oxygens (including phenoxy) is 1. The highest BCUT2D eigenvalue weighted by atomic mass is 16.5. The molecular formula is C19H23N5O. The van der Waals surface area contributed by atoms with Crippen molar-refractivity contribution in [2.45, 2.75) is 19.9 Å². The van der Waals surface area contributed by atoms with Crippen molar-refractivity contribution in [3.05, 3.63) is 58.7 Å². The van der Waals surface area contributed by atoms with Gasteiger partial charge >= 0.3 is 0 Å². The second-order valence-electron chi connectivity index (χ2n) is 6.65. The van der Waals surface area contributed by atoms with Gasteiger partial charge in [0, 0.05) is 18.2 Å². The molecule has 3 N–H and O–H groups in total. The van der Waals surface area contributed by atoms with Crippen molar-refractivity contribution in [2.24, 2.45) is 10.9 Å². The van der Waals surface area contributed by atoms with Crippen LogP contribution < -0.4 is 10.6 Å². The van der Waals surface area contributed by atoms with Gasteiger partial charge in [-0.3, -0.25) is 10.1 Å². The maximum absolute atomic E-state index is 5.50. The van der Waals surface area contributed by atoms with E-state index in [1.165, 1.54) is 11.1 Å². The molecule has 1 aromatic rings. The minimum Gasteiger partial charge on any atom is -0.497 e. The van der Waals surface area contributed by atoms with E-state index in [0.29, 0.717) is 6.54 Å². The summed E-state index contributed by atoms with van der Waals surface area (Å²) >= 11 is 0. The van der Waals surface area contributed by atoms with Gasteiger partial charge < -0.3 is 15.4 Å². The van der Waals surface area contributed by atoms with Crippen molar-refractivity contribution >= 4 is 11.5 Å². The zero-order valence-electron chi connectivity index (χ0n) is 14.8. The third kappa shape index (κ3) is 2.77. The van der Waals surface area contributed by atoms with E-state index in [9.17, 15) is 0 Å². The minimum atomic E-state index is 0.136. The van der Waals surface area contributed by atoms with Crippen LogP contribution in [0.15, 0.2) is 52.4 Å². The van der Waals surface area contributed by atoms with Crippen molar-refractivity contribution in [3.63, 3.8) is 0 Å². The van der Waals surface area contributed by atoms with Crippen molar-refractivity contribution in [1.82, 2.24) is 15.5 Å². The quantitative estimate of drug-likeness (QED) is 0.792. The Kier molecular flexibility index (Phi) is 3.95. The van der Waals surface area contributed by atoms with E-state index in [4.69, 9.17) is 9.73 Å². The Hall–Kier alpha value is -2.76. The molecule has 6 heteroatoms. The van der Waals surface area contributed by atoms with Gasteiger partial charge in [-0.2, -0.15) is 5.10 Å². The van der Waals surface area contributed by atoms with Gasteiger partial charge in [0.2, 0.25) is 0 Å². The average Bonchev–Trinajstić information content (AvgIpc) is 3.01. The summed E-state index contributed by atoms with van der Waals surface area (Å²) in [5.41, 5.74) is 5.69. The third-order valence-corrected chi connectivity index (χ3v) is 4.94. The topological polar surface area (TPSA) is 74.3 Å². The van der Waals surface area contributed by atoms with Gasteiger partial charge in [-0.05, 0) is 49.4 Å². The lowest BCUT2D eigenvalue weighted by atomic mass is 9.79. The second kappa shape index (κ2) is 6.27. The predicted molar refractivity (Wildman–Crippen MR) is 99.7 cm³/mol. The van der Waals surface area contributed by atoms with Crippen LogP contribution in [-0.4, -0.2) is 42.2 Å². The first kappa shape index (κ1) is 15.7. The van der Waals surface area contributed by atoms with E-state index in [2.05, 4.69) is 46.0 Å². The SMILES string of the molecule is COC1=CC2C(=NCC3=CC=CNC3)c3c(n[nH]c3C)NC2C(C)=C1. The Balaban J connectivity index is 1.76. The molecule has 4 rings (SSSR count). The smallest absolute Gasteiger partial charge is 0.157 e. The molecular weight excluding hydrogens is 314 g/mol. The molecule has 0 bridgehead atoms. The zero-order chi connectivity index (χ0) is 17.4. The first-order valence-electron chi connectivity index (χ1n) is 8.55. The monoisotopic (exact) mass is 337 g/mol. The summed E-state index contributed by atoms with van der Waals surface area (Å²) in [6, 6.07) is 0.159. The van der Waals surface area contributed by atoms with Crippen LogP contribution in [0.2, 0.25) is 0 Å². The fraction of sp³-hybridized carbons (Fsp3) is 0.368. The first-order valence-corrected chi connectivity index (χ1v) is 8.55. The van der Waals surface area contributed by atoms with Crippen molar-refractivity contribution < 1.29 is 4.74 Å². The number of rotatable bonds is 3. The molecule has 0 saturated heterocycles. The van der Waals surface area contributed by atoms with Gasteiger partial charge in [-0.15, -0.1) is 0 Å². The van der Waals surface area contributed by atoms with Crippen LogP contribution in [-0.2, 0) is 4.74 Å². The molecule has 3 aliphatic rings. The Morgan fingerprint density at radius 3 is 3.00 bits per heavy atom. The highest BCUT2D eigenvalue weighted by molar-refractivity contribution is 6.10. The number of hydrogen-bond donors (Lipinski definition) is 3. The maximum Gasteiger partial charge on any atom is 0.157 e. The standard InChI is InChI=1S/C19H23N5O/c1-11-7-14(25-3)8-15-17(11)22-19-16(12(2)23-24-19)18(15)21-10-13-5-4-6-20-9-13/h4-8,15,17,20H,9-10H2,1-3H3,(H2,22,23,24). The van der Waals surface area contributed by atoms with Crippen LogP contribution in [0, 0.1) is 12.8 Å². The number of hydrogen-bond acceptors (Lipinski definition) is 5. The molecule has 25 heavy (non-hydrogen) atoms. The highest BCUT2D eigenvalue weighted by Gasteiger charge is 2.38. The van der Waals surface area contributed by atoms with Crippen molar-refractivity contribution in [3.8, 4) is 0 Å². The maximum atomic E-state index is 5.50. The van der Waals surface area contributed by atoms with E-state index in [1.54, 1.807) is 7.11 Å². The number of aryl methyl sites for hydroxylation is 1. The number of aliphatic imine (C=N–C) groups is 1. The van der Waals surface area contributed by atoms with Gasteiger partial charge in [0.1, 0.15) is 5.76 Å². The van der Waals surface area contributed by atoms with E-state index in [-0.39, 0.29) is 12.0 Å². The van der Waals surface area contributed by atoms with Gasteiger partial charge in [0.15, 0.2) is 5.82 Å². The molecule has 0 aromatic carbocycles. The Labute approximate surface area is 147 Å². The first-order chi connectivity index (χ1) is 12.2. The summed E-state index contributed by atoms with van der Waals surface area (Å²) in [7, 11) is 1.71. The molecule has 0 radical (unpaired) electrons. The Morgan fingerprint density at radius 2 is 2.24 bits per heavy atom. The Bertz CT molecular complexity index is 840. The average molecular weight is 337 g/mol. The van der Waals surface area contributed by atoms with Crippen LogP contribution in [0.1, 0.15) is 18.2 Å². The number of fused-ring (bicyclic) bond motifs is 2. The molecule has 2 unspecified atom stereocenters. The molecule has 2 aliphatic heterocycles. The second-order valence-corrected chi connectivity index (χ2v) is 6.65. The number of nitrogens with one attached hydrogen (secondary N) is 3. The summed E-state index contributed by atoms with van der Waals surface area (Å²) in [5.74, 6) is 1.91. The van der Waals surface area contributed by atoms with Crippen molar-refractivity contribution in [2.75, 3.05) is 25.5 Å². The summed E-state index contributed by atoms with van der Waals surface area (Å²) < 4.78 is 5.50. The number of aromatic amines is 1. The van der Waals surface area contributed by atoms with E-state index < -0.39 is 0 Å². The number of dihydropyridines is 1. The summed E-state index contributed by atoms with van der Waals surface area (Å²) in [4.78, 5) is 5.02. The van der Waals surface area contributed by atoms with Crippen LogP contribution in [0.4, 0.5) is 5.82 Å². The predicted octanol–water partition coefficient (Wildman–Crippen LogP) is 2.45. The number of aromatic nitrogens is 2. The normalized spacial score (nSPS) is 25.9. The van der Waals surface area contributed by atoms with Gasteiger partial charge in [-0.25, -0.2) is 0 Å². The largest absolute Gasteiger partial charge is 0.497 e. The zero-order valence-corrected chi connectivity index (χ0v) is 14.8. The van der Waals surface area contributed by atoms with E-state index in [1.807, 2.05) is 19.2 Å². The highest BCUT2D eigenvalue weighted by Crippen LogP contribution is 2.36. The van der Waals surface area contributed by atoms with Crippen LogP contribution in [0.5, 0.6) is 0 Å². The molecule has 0 amide bonds. The molecule has 2 atom stereocenters. The van der Waals surface area contributed by atoms with Gasteiger partial charge in [-0.1, -0.05) is 6.08 Å². The number of allylic oxidation sites excluding steroid dienone is 3.